The summed E-state index contributed by atoms with van der Waals surface area (Å²) >= 11 is 0. The number of rotatable bonds is 3. The molecule has 2 rings (SSSR count). The second-order valence-corrected chi connectivity index (χ2v) is 4.30. The zero-order chi connectivity index (χ0) is 9.97. The maximum absolute atomic E-state index is 5.50. The molecule has 0 aliphatic heterocycles. The Morgan fingerprint density at radius 2 is 2.29 bits per heavy atom. The number of hydrogen-bond donors (Lipinski definition) is 2. The molecule has 1 aliphatic carbocycles. The third-order valence-electron chi connectivity index (χ3n) is 2.85. The summed E-state index contributed by atoms with van der Waals surface area (Å²) in [5.41, 5.74) is 6.57. The standard InChI is InChI=1S/C11H17N3/c1-8-4-9(5-8)6-13-10-2-3-11(12)14-7-10/h2-3,7-9,13H,4-6H2,1H3,(H2,12,14). The highest BCUT2D eigenvalue weighted by Gasteiger charge is 2.24. The van der Waals surface area contributed by atoms with E-state index in [0.29, 0.717) is 5.82 Å². The van der Waals surface area contributed by atoms with Gasteiger partial charge in [-0.15, -0.1) is 0 Å². The summed E-state index contributed by atoms with van der Waals surface area (Å²) in [4.78, 5) is 4.03. The van der Waals surface area contributed by atoms with Crippen molar-refractivity contribution in [1.29, 1.82) is 0 Å². The summed E-state index contributed by atoms with van der Waals surface area (Å²) in [6, 6.07) is 3.80. The lowest BCUT2D eigenvalue weighted by Crippen LogP contribution is -2.27. The van der Waals surface area contributed by atoms with Gasteiger partial charge in [-0.1, -0.05) is 6.92 Å². The Kier molecular flexibility index (Phi) is 2.57. The van der Waals surface area contributed by atoms with Crippen molar-refractivity contribution < 1.29 is 0 Å². The molecule has 0 bridgehead atoms. The van der Waals surface area contributed by atoms with Gasteiger partial charge in [-0.2, -0.15) is 0 Å². The first-order valence-corrected chi connectivity index (χ1v) is 5.19. The van der Waals surface area contributed by atoms with Gasteiger partial charge in [0.25, 0.3) is 0 Å². The van der Waals surface area contributed by atoms with Gasteiger partial charge in [-0.3, -0.25) is 0 Å². The van der Waals surface area contributed by atoms with Gasteiger partial charge in [0.15, 0.2) is 0 Å². The van der Waals surface area contributed by atoms with Gasteiger partial charge >= 0.3 is 0 Å². The third-order valence-corrected chi connectivity index (χ3v) is 2.85. The maximum atomic E-state index is 5.50. The molecule has 1 heterocycles. The first-order chi connectivity index (χ1) is 6.74. The molecular formula is C11H17N3. The van der Waals surface area contributed by atoms with Crippen molar-refractivity contribution in [2.45, 2.75) is 19.8 Å². The summed E-state index contributed by atoms with van der Waals surface area (Å²) in [5, 5.41) is 3.38. The summed E-state index contributed by atoms with van der Waals surface area (Å²) < 4.78 is 0. The second kappa shape index (κ2) is 3.86. The number of nitrogen functional groups attached to an aromatic ring is 1. The largest absolute Gasteiger partial charge is 0.384 e. The minimum atomic E-state index is 0.577. The van der Waals surface area contributed by atoms with Crippen LogP contribution in [0.25, 0.3) is 0 Å². The van der Waals surface area contributed by atoms with Gasteiger partial charge in [-0.05, 0) is 36.8 Å². The molecule has 1 aromatic heterocycles. The lowest BCUT2D eigenvalue weighted by Gasteiger charge is -2.32. The predicted octanol–water partition coefficient (Wildman–Crippen LogP) is 2.12. The summed E-state index contributed by atoms with van der Waals surface area (Å²) in [7, 11) is 0. The smallest absolute Gasteiger partial charge is 0.123 e. The fraction of sp³-hybridized carbons (Fsp3) is 0.545. The molecule has 76 valence electrons. The van der Waals surface area contributed by atoms with Gasteiger partial charge in [0.05, 0.1) is 11.9 Å². The minimum absolute atomic E-state index is 0.577. The maximum Gasteiger partial charge on any atom is 0.123 e. The number of nitrogens with one attached hydrogen (secondary N) is 1. The van der Waals surface area contributed by atoms with Crippen LogP contribution in [0.2, 0.25) is 0 Å². The molecule has 0 saturated heterocycles. The quantitative estimate of drug-likeness (QED) is 0.769. The normalized spacial score (nSPS) is 25.5. The third kappa shape index (κ3) is 2.16. The number of aromatic nitrogens is 1. The van der Waals surface area contributed by atoms with Crippen molar-refractivity contribution in [2.75, 3.05) is 17.6 Å². The fourth-order valence-corrected chi connectivity index (χ4v) is 2.01. The molecule has 0 atom stereocenters. The molecule has 1 saturated carbocycles. The van der Waals surface area contributed by atoms with Gasteiger partial charge in [-0.25, -0.2) is 4.98 Å². The first kappa shape index (κ1) is 9.31. The minimum Gasteiger partial charge on any atom is -0.384 e. The van der Waals surface area contributed by atoms with Crippen LogP contribution < -0.4 is 11.1 Å². The zero-order valence-corrected chi connectivity index (χ0v) is 8.53. The number of anilines is 2. The van der Waals surface area contributed by atoms with Gasteiger partial charge in [0.2, 0.25) is 0 Å². The van der Waals surface area contributed by atoms with Crippen molar-refractivity contribution >= 4 is 11.5 Å². The molecule has 0 amide bonds. The number of nitrogens with zero attached hydrogens (tertiary/aromatic N) is 1. The monoisotopic (exact) mass is 191 g/mol. The van der Waals surface area contributed by atoms with Crippen molar-refractivity contribution in [1.82, 2.24) is 4.98 Å². The number of pyridine rings is 1. The molecule has 0 unspecified atom stereocenters. The molecule has 3 nitrogen and oxygen atoms in total. The van der Waals surface area contributed by atoms with Crippen LogP contribution in [0.15, 0.2) is 18.3 Å². The van der Waals surface area contributed by atoms with Crippen LogP contribution in [0.4, 0.5) is 11.5 Å². The van der Waals surface area contributed by atoms with Crippen LogP contribution in [0, 0.1) is 11.8 Å². The molecule has 1 fully saturated rings. The van der Waals surface area contributed by atoms with E-state index in [0.717, 1.165) is 24.1 Å². The molecule has 1 aromatic rings. The van der Waals surface area contributed by atoms with Crippen molar-refractivity contribution in [2.24, 2.45) is 11.8 Å². The average molecular weight is 191 g/mol. The van der Waals surface area contributed by atoms with E-state index in [-0.39, 0.29) is 0 Å². The second-order valence-electron chi connectivity index (χ2n) is 4.30. The Labute approximate surface area is 84.7 Å². The Bertz CT molecular complexity index is 288. The van der Waals surface area contributed by atoms with Gasteiger partial charge in [0, 0.05) is 6.54 Å². The predicted molar refractivity (Wildman–Crippen MR) is 59.0 cm³/mol. The molecule has 1 aliphatic rings. The zero-order valence-electron chi connectivity index (χ0n) is 8.53. The number of nitrogens with two attached hydrogens (primary N) is 1. The van der Waals surface area contributed by atoms with E-state index < -0.39 is 0 Å². The molecule has 3 heteroatoms. The Morgan fingerprint density at radius 1 is 1.50 bits per heavy atom. The van der Waals surface area contributed by atoms with Gasteiger partial charge in [0.1, 0.15) is 5.82 Å². The van der Waals surface area contributed by atoms with Gasteiger partial charge < -0.3 is 11.1 Å². The van der Waals surface area contributed by atoms with E-state index in [2.05, 4.69) is 17.2 Å². The van der Waals surface area contributed by atoms with E-state index in [1.54, 1.807) is 6.20 Å². The fourth-order valence-electron chi connectivity index (χ4n) is 2.01. The molecule has 0 radical (unpaired) electrons. The van der Waals surface area contributed by atoms with Crippen molar-refractivity contribution in [3.63, 3.8) is 0 Å². The van der Waals surface area contributed by atoms with Crippen molar-refractivity contribution in [3.05, 3.63) is 18.3 Å². The summed E-state index contributed by atoms with van der Waals surface area (Å²) in [6.07, 6.45) is 4.50. The lowest BCUT2D eigenvalue weighted by molar-refractivity contribution is 0.225. The molecule has 0 aromatic carbocycles. The Hall–Kier alpha value is -1.25. The van der Waals surface area contributed by atoms with Crippen LogP contribution in [0.1, 0.15) is 19.8 Å². The first-order valence-electron chi connectivity index (χ1n) is 5.19. The number of hydrogen-bond acceptors (Lipinski definition) is 3. The highest BCUT2D eigenvalue weighted by atomic mass is 14.9. The van der Waals surface area contributed by atoms with Crippen LogP contribution >= 0.6 is 0 Å². The molecule has 14 heavy (non-hydrogen) atoms. The topological polar surface area (TPSA) is 50.9 Å². The van der Waals surface area contributed by atoms with Crippen molar-refractivity contribution in [3.8, 4) is 0 Å². The van der Waals surface area contributed by atoms with E-state index >= 15 is 0 Å². The molecule has 0 spiro atoms. The highest BCUT2D eigenvalue weighted by molar-refractivity contribution is 5.45. The molecule has 3 N–H and O–H groups in total. The SMILES string of the molecule is CC1CC(CNc2ccc(N)nc2)C1. The summed E-state index contributed by atoms with van der Waals surface area (Å²) in [6.45, 7) is 3.37. The molecular weight excluding hydrogens is 174 g/mol. The van der Waals surface area contributed by atoms with E-state index in [4.69, 9.17) is 5.73 Å². The van der Waals surface area contributed by atoms with Crippen LogP contribution in [-0.4, -0.2) is 11.5 Å². The van der Waals surface area contributed by atoms with E-state index in [1.165, 1.54) is 12.8 Å². The van der Waals surface area contributed by atoms with Crippen LogP contribution in [-0.2, 0) is 0 Å². The van der Waals surface area contributed by atoms with E-state index in [9.17, 15) is 0 Å². The Morgan fingerprint density at radius 3 is 2.86 bits per heavy atom. The summed E-state index contributed by atoms with van der Waals surface area (Å²) in [5.74, 6) is 2.35. The van der Waals surface area contributed by atoms with E-state index in [1.807, 2.05) is 12.1 Å². The van der Waals surface area contributed by atoms with Crippen LogP contribution in [0.3, 0.4) is 0 Å². The lowest BCUT2D eigenvalue weighted by atomic mass is 9.76. The highest BCUT2D eigenvalue weighted by Crippen LogP contribution is 2.32. The Balaban J connectivity index is 1.78. The van der Waals surface area contributed by atoms with Crippen LogP contribution in [0.5, 0.6) is 0 Å². The average Bonchev–Trinajstić information content (AvgIpc) is 2.13.